The van der Waals surface area contributed by atoms with Gasteiger partial charge in [-0.2, -0.15) is 14.0 Å². The van der Waals surface area contributed by atoms with Crippen molar-refractivity contribution in [2.75, 3.05) is 6.61 Å². The van der Waals surface area contributed by atoms with Crippen LogP contribution in [0.3, 0.4) is 0 Å². The molecular weight excluding hydrogens is 278 g/mol. The highest BCUT2D eigenvalue weighted by atomic mass is 19.3. The van der Waals surface area contributed by atoms with Crippen LogP contribution in [0.25, 0.3) is 0 Å². The number of aliphatic hydroxyl groups excluding tert-OH is 3. The number of alkyl halides is 2. The summed E-state index contributed by atoms with van der Waals surface area (Å²) in [5.74, 6) is -3.99. The molecule has 2 rings (SSSR count). The molecule has 10 heteroatoms. The first kappa shape index (κ1) is 14.6. The summed E-state index contributed by atoms with van der Waals surface area (Å²) < 4.78 is 32.9. The first-order chi connectivity index (χ1) is 9.28. The van der Waals surface area contributed by atoms with Crippen LogP contribution in [0.15, 0.2) is 17.3 Å². The first-order valence-electron chi connectivity index (χ1n) is 5.51. The summed E-state index contributed by atoms with van der Waals surface area (Å²) >= 11 is 0. The van der Waals surface area contributed by atoms with Gasteiger partial charge in [0.05, 0.1) is 6.61 Å². The van der Waals surface area contributed by atoms with Crippen molar-refractivity contribution >= 4 is 5.84 Å². The Balaban J connectivity index is 2.35. The number of aliphatic imine (C=N–C) groups is 1. The SMILES string of the molecule is N#C[C@]1(CO)O[C@@H](N2C=CC(N)=NC2O)C(F)(F)[C@@H]1O. The van der Waals surface area contributed by atoms with E-state index in [1.165, 1.54) is 6.07 Å². The molecule has 1 fully saturated rings. The van der Waals surface area contributed by atoms with Crippen molar-refractivity contribution in [3.05, 3.63) is 12.3 Å². The third-order valence-electron chi connectivity index (χ3n) is 3.10. The minimum absolute atomic E-state index is 0.0793. The topological polar surface area (TPSA) is 135 Å². The van der Waals surface area contributed by atoms with E-state index in [1.807, 2.05) is 0 Å². The van der Waals surface area contributed by atoms with E-state index in [2.05, 4.69) is 4.99 Å². The van der Waals surface area contributed by atoms with Crippen LogP contribution in [0.4, 0.5) is 8.78 Å². The number of hydrogen-bond donors (Lipinski definition) is 4. The predicted octanol–water partition coefficient (Wildman–Crippen LogP) is -1.94. The molecule has 0 amide bonds. The molecule has 0 aliphatic carbocycles. The standard InChI is InChI=1S/C10H12F2N4O4/c11-10(12)6(18)9(3-13,4-17)20-7(10)16-2-1-5(14)15-8(16)19/h1-2,6-8,17-19H,4H2,(H2,14,15)/t6-,7-,8?,9-/m1/s1. The monoisotopic (exact) mass is 290 g/mol. The third kappa shape index (κ3) is 1.92. The highest BCUT2D eigenvalue weighted by Crippen LogP contribution is 2.44. The quantitative estimate of drug-likeness (QED) is 0.464. The second-order valence-corrected chi connectivity index (χ2v) is 4.37. The van der Waals surface area contributed by atoms with E-state index in [0.29, 0.717) is 4.90 Å². The minimum atomic E-state index is -3.91. The van der Waals surface area contributed by atoms with Gasteiger partial charge >= 0.3 is 5.92 Å². The van der Waals surface area contributed by atoms with Crippen LogP contribution < -0.4 is 5.73 Å². The molecule has 0 radical (unpaired) electrons. The van der Waals surface area contributed by atoms with Gasteiger partial charge in [0, 0.05) is 6.20 Å². The molecule has 0 aromatic heterocycles. The Morgan fingerprint density at radius 3 is 2.65 bits per heavy atom. The fourth-order valence-electron chi connectivity index (χ4n) is 1.98. The molecule has 8 nitrogen and oxygen atoms in total. The van der Waals surface area contributed by atoms with E-state index in [1.54, 1.807) is 0 Å². The van der Waals surface area contributed by atoms with Gasteiger partial charge in [0.2, 0.25) is 18.2 Å². The molecule has 0 aromatic carbocycles. The van der Waals surface area contributed by atoms with E-state index in [0.717, 1.165) is 12.3 Å². The zero-order chi connectivity index (χ0) is 15.1. The summed E-state index contributed by atoms with van der Waals surface area (Å²) in [6.45, 7) is -1.13. The Kier molecular flexibility index (Phi) is 3.39. The molecule has 20 heavy (non-hydrogen) atoms. The van der Waals surface area contributed by atoms with Gasteiger partial charge in [0.1, 0.15) is 11.9 Å². The lowest BCUT2D eigenvalue weighted by atomic mass is 9.97. The largest absolute Gasteiger partial charge is 0.392 e. The summed E-state index contributed by atoms with van der Waals surface area (Å²) in [5, 5.41) is 37.1. The summed E-state index contributed by atoms with van der Waals surface area (Å²) in [5.41, 5.74) is 2.82. The van der Waals surface area contributed by atoms with Gasteiger partial charge in [-0.3, -0.25) is 0 Å². The Bertz CT molecular complexity index is 506. The van der Waals surface area contributed by atoms with Crippen molar-refractivity contribution < 1.29 is 28.8 Å². The van der Waals surface area contributed by atoms with Gasteiger partial charge < -0.3 is 30.7 Å². The van der Waals surface area contributed by atoms with E-state index in [4.69, 9.17) is 20.8 Å². The first-order valence-corrected chi connectivity index (χ1v) is 5.51. The second-order valence-electron chi connectivity index (χ2n) is 4.37. The number of ether oxygens (including phenoxy) is 1. The van der Waals surface area contributed by atoms with E-state index < -0.39 is 36.8 Å². The smallest absolute Gasteiger partial charge is 0.321 e. The molecule has 1 unspecified atom stereocenters. The molecule has 0 saturated carbocycles. The zero-order valence-corrected chi connectivity index (χ0v) is 10.0. The van der Waals surface area contributed by atoms with Crippen LogP contribution in [-0.2, 0) is 4.74 Å². The summed E-state index contributed by atoms with van der Waals surface area (Å²) in [6, 6.07) is 1.33. The third-order valence-corrected chi connectivity index (χ3v) is 3.10. The van der Waals surface area contributed by atoms with Crippen LogP contribution in [-0.4, -0.2) is 62.9 Å². The average Bonchev–Trinajstić information content (AvgIpc) is 2.60. The Hall–Kier alpha value is -1.80. The van der Waals surface area contributed by atoms with Gasteiger partial charge in [0.15, 0.2) is 6.10 Å². The van der Waals surface area contributed by atoms with E-state index in [9.17, 15) is 19.0 Å². The van der Waals surface area contributed by atoms with Gasteiger partial charge in [0.25, 0.3) is 0 Å². The number of nitrogens with zero attached hydrogens (tertiary/aromatic N) is 3. The lowest BCUT2D eigenvalue weighted by molar-refractivity contribution is -0.189. The van der Waals surface area contributed by atoms with Crippen molar-refractivity contribution in [1.82, 2.24) is 4.90 Å². The molecule has 2 aliphatic rings. The number of aliphatic hydroxyl groups is 3. The van der Waals surface area contributed by atoms with Crippen LogP contribution >= 0.6 is 0 Å². The second kappa shape index (κ2) is 4.64. The number of nitrogens with two attached hydrogens (primary N) is 1. The molecule has 2 aliphatic heterocycles. The van der Waals surface area contributed by atoms with E-state index >= 15 is 0 Å². The van der Waals surface area contributed by atoms with E-state index in [-0.39, 0.29) is 5.84 Å². The van der Waals surface area contributed by atoms with Crippen molar-refractivity contribution in [3.8, 4) is 6.07 Å². The molecular formula is C10H12F2N4O4. The van der Waals surface area contributed by atoms with Crippen molar-refractivity contribution in [2.24, 2.45) is 10.7 Å². The van der Waals surface area contributed by atoms with Crippen LogP contribution in [0.1, 0.15) is 0 Å². The van der Waals surface area contributed by atoms with Crippen molar-refractivity contribution in [3.63, 3.8) is 0 Å². The molecule has 2 heterocycles. The molecule has 0 bridgehead atoms. The number of hydrogen-bond acceptors (Lipinski definition) is 8. The van der Waals surface area contributed by atoms with Gasteiger partial charge in [-0.1, -0.05) is 0 Å². The van der Waals surface area contributed by atoms with Gasteiger partial charge in [-0.25, -0.2) is 4.99 Å². The summed E-state index contributed by atoms with van der Waals surface area (Å²) in [7, 11) is 0. The highest BCUT2D eigenvalue weighted by molar-refractivity contribution is 5.91. The molecule has 1 saturated heterocycles. The fraction of sp³-hybridized carbons (Fsp3) is 0.600. The maximum atomic E-state index is 14.0. The normalized spacial score (nSPS) is 39.5. The van der Waals surface area contributed by atoms with Crippen LogP contribution in [0.2, 0.25) is 0 Å². The maximum Gasteiger partial charge on any atom is 0.321 e. The van der Waals surface area contributed by atoms with Gasteiger partial charge in [-0.15, -0.1) is 0 Å². The lowest BCUT2D eigenvalue weighted by Gasteiger charge is -2.34. The number of nitriles is 1. The zero-order valence-electron chi connectivity index (χ0n) is 10.0. The molecule has 5 N–H and O–H groups in total. The lowest BCUT2D eigenvalue weighted by Crippen LogP contribution is -2.52. The van der Waals surface area contributed by atoms with Gasteiger partial charge in [-0.05, 0) is 6.08 Å². The summed E-state index contributed by atoms with van der Waals surface area (Å²) in [4.78, 5) is 4.04. The molecule has 4 atom stereocenters. The van der Waals surface area contributed by atoms with Crippen molar-refractivity contribution in [1.29, 1.82) is 5.26 Å². The minimum Gasteiger partial charge on any atom is -0.392 e. The van der Waals surface area contributed by atoms with Crippen LogP contribution in [0.5, 0.6) is 0 Å². The highest BCUT2D eigenvalue weighted by Gasteiger charge is 2.68. The average molecular weight is 290 g/mol. The van der Waals surface area contributed by atoms with Crippen molar-refractivity contribution in [2.45, 2.75) is 30.2 Å². The number of halogens is 2. The molecule has 0 aromatic rings. The predicted molar refractivity (Wildman–Crippen MR) is 59.9 cm³/mol. The molecule has 0 spiro atoms. The summed E-state index contributed by atoms with van der Waals surface area (Å²) in [6.07, 6.45) is -4.34. The fourth-order valence-corrected chi connectivity index (χ4v) is 1.98. The van der Waals surface area contributed by atoms with Crippen LogP contribution in [0, 0.1) is 11.3 Å². The number of amidine groups is 1. The maximum absolute atomic E-state index is 14.0. The Morgan fingerprint density at radius 2 is 2.20 bits per heavy atom. The Labute approximate surface area is 112 Å². The molecule has 110 valence electrons. The number of rotatable bonds is 2. The Morgan fingerprint density at radius 1 is 1.55 bits per heavy atom.